The number of hydrogen-bond donors (Lipinski definition) is 1. The summed E-state index contributed by atoms with van der Waals surface area (Å²) in [5.74, 6) is 2.97. The summed E-state index contributed by atoms with van der Waals surface area (Å²) < 4.78 is 27.7. The smallest absolute Gasteiger partial charge is 0.273 e. The summed E-state index contributed by atoms with van der Waals surface area (Å²) in [7, 11) is 3.24. The van der Waals surface area contributed by atoms with Crippen molar-refractivity contribution in [3.63, 3.8) is 0 Å². The average Bonchev–Trinajstić information content (AvgIpc) is 3.47. The molecule has 0 aliphatic carbocycles. The maximum absolute atomic E-state index is 12.3. The number of benzene rings is 2. The van der Waals surface area contributed by atoms with Crippen LogP contribution in [0.2, 0.25) is 0 Å². The standard InChI is InChI=1S/C25H29N3O6/c1-16(2)26-25(29)19-14-32-23(27-19)13-28(11-17-8-9-20-22(10-17)34-15-33-20)12-18-6-5-7-21(30-3)24(18)31-4/h5-10,14,16H,11-13,15H2,1-4H3,(H,26,29). The van der Waals surface area contributed by atoms with Crippen molar-refractivity contribution in [1.82, 2.24) is 15.2 Å². The normalized spacial score (nSPS) is 12.3. The van der Waals surface area contributed by atoms with Gasteiger partial charge in [-0.1, -0.05) is 18.2 Å². The van der Waals surface area contributed by atoms with Crippen LogP contribution in [-0.2, 0) is 19.6 Å². The van der Waals surface area contributed by atoms with Crippen LogP contribution in [0.4, 0.5) is 0 Å². The van der Waals surface area contributed by atoms with Gasteiger partial charge in [0.25, 0.3) is 5.91 Å². The van der Waals surface area contributed by atoms with Gasteiger partial charge in [0.2, 0.25) is 12.7 Å². The molecule has 1 N–H and O–H groups in total. The predicted octanol–water partition coefficient (Wildman–Crippen LogP) is 3.76. The molecule has 0 unspecified atom stereocenters. The van der Waals surface area contributed by atoms with Crippen LogP contribution in [0, 0.1) is 0 Å². The topological polar surface area (TPSA) is 95.3 Å². The first kappa shape index (κ1) is 23.4. The maximum atomic E-state index is 12.3. The number of nitrogens with zero attached hydrogens (tertiary/aromatic N) is 2. The van der Waals surface area contributed by atoms with Gasteiger partial charge in [-0.25, -0.2) is 4.98 Å². The molecule has 0 saturated heterocycles. The molecule has 3 aromatic rings. The summed E-state index contributed by atoms with van der Waals surface area (Å²) in [6, 6.07) is 11.7. The van der Waals surface area contributed by atoms with Crippen molar-refractivity contribution in [1.29, 1.82) is 0 Å². The van der Waals surface area contributed by atoms with Crippen molar-refractivity contribution < 1.29 is 28.2 Å². The first-order valence-corrected chi connectivity index (χ1v) is 11.0. The average molecular weight is 468 g/mol. The molecule has 34 heavy (non-hydrogen) atoms. The Bertz CT molecular complexity index is 1140. The van der Waals surface area contributed by atoms with E-state index in [1.807, 2.05) is 50.2 Å². The van der Waals surface area contributed by atoms with Crippen LogP contribution in [-0.4, -0.2) is 42.8 Å². The van der Waals surface area contributed by atoms with Crippen molar-refractivity contribution in [2.24, 2.45) is 0 Å². The molecule has 0 bridgehead atoms. The Kier molecular flexibility index (Phi) is 7.22. The van der Waals surface area contributed by atoms with E-state index in [0.717, 1.165) is 22.6 Å². The highest BCUT2D eigenvalue weighted by molar-refractivity contribution is 5.92. The van der Waals surface area contributed by atoms with Gasteiger partial charge < -0.3 is 28.7 Å². The zero-order valence-electron chi connectivity index (χ0n) is 19.8. The van der Waals surface area contributed by atoms with Crippen molar-refractivity contribution in [3.8, 4) is 23.0 Å². The molecule has 1 aromatic heterocycles. The fraction of sp³-hybridized carbons (Fsp3) is 0.360. The van der Waals surface area contributed by atoms with Gasteiger partial charge in [0.05, 0.1) is 20.8 Å². The van der Waals surface area contributed by atoms with E-state index in [1.165, 1.54) is 6.26 Å². The van der Waals surface area contributed by atoms with Crippen molar-refractivity contribution >= 4 is 5.91 Å². The predicted molar refractivity (Wildman–Crippen MR) is 124 cm³/mol. The van der Waals surface area contributed by atoms with Crippen molar-refractivity contribution in [2.75, 3.05) is 21.0 Å². The molecule has 1 aliphatic heterocycles. The lowest BCUT2D eigenvalue weighted by atomic mass is 10.1. The van der Waals surface area contributed by atoms with E-state index < -0.39 is 0 Å². The molecule has 1 amide bonds. The summed E-state index contributed by atoms with van der Waals surface area (Å²) in [4.78, 5) is 18.8. The lowest BCUT2D eigenvalue weighted by molar-refractivity contribution is 0.0938. The molecule has 0 spiro atoms. The summed E-state index contributed by atoms with van der Waals surface area (Å²) in [5, 5.41) is 2.83. The van der Waals surface area contributed by atoms with Crippen LogP contribution in [0.15, 0.2) is 47.1 Å². The third-order valence-corrected chi connectivity index (χ3v) is 5.28. The Morgan fingerprint density at radius 2 is 1.91 bits per heavy atom. The number of carbonyl (C=O) groups is 1. The minimum absolute atomic E-state index is 0.00989. The molecule has 180 valence electrons. The summed E-state index contributed by atoms with van der Waals surface area (Å²) in [6.07, 6.45) is 1.39. The number of fused-ring (bicyclic) bond motifs is 1. The third kappa shape index (κ3) is 5.43. The van der Waals surface area contributed by atoms with Crippen LogP contribution in [0.1, 0.15) is 41.4 Å². The molecule has 1 aliphatic rings. The Morgan fingerprint density at radius 3 is 2.68 bits per heavy atom. The van der Waals surface area contributed by atoms with Crippen LogP contribution in [0.5, 0.6) is 23.0 Å². The Hall–Kier alpha value is -3.72. The molecule has 0 fully saturated rings. The Labute approximate surface area is 198 Å². The number of aromatic nitrogens is 1. The Morgan fingerprint density at radius 1 is 1.09 bits per heavy atom. The molecule has 2 aromatic carbocycles. The van der Waals surface area contributed by atoms with Crippen molar-refractivity contribution in [2.45, 2.75) is 39.5 Å². The van der Waals surface area contributed by atoms with Crippen LogP contribution < -0.4 is 24.3 Å². The number of oxazole rings is 1. The monoisotopic (exact) mass is 467 g/mol. The molecular formula is C25H29N3O6. The second-order valence-corrected chi connectivity index (χ2v) is 8.24. The molecule has 4 rings (SSSR count). The first-order valence-electron chi connectivity index (χ1n) is 11.0. The van der Waals surface area contributed by atoms with Crippen LogP contribution in [0.3, 0.4) is 0 Å². The van der Waals surface area contributed by atoms with Gasteiger partial charge in [0.15, 0.2) is 28.7 Å². The number of ether oxygens (including phenoxy) is 4. The largest absolute Gasteiger partial charge is 0.493 e. The number of nitrogens with one attached hydrogen (secondary N) is 1. The quantitative estimate of drug-likeness (QED) is 0.482. The fourth-order valence-corrected chi connectivity index (χ4v) is 3.80. The fourth-order valence-electron chi connectivity index (χ4n) is 3.80. The van der Waals surface area contributed by atoms with E-state index in [0.29, 0.717) is 37.0 Å². The van der Waals surface area contributed by atoms with Gasteiger partial charge in [0, 0.05) is 24.7 Å². The lowest BCUT2D eigenvalue weighted by Gasteiger charge is -2.23. The highest BCUT2D eigenvalue weighted by atomic mass is 16.7. The number of hydrogen-bond acceptors (Lipinski definition) is 8. The van der Waals surface area contributed by atoms with Gasteiger partial charge in [0.1, 0.15) is 6.26 Å². The number of para-hydroxylation sites is 1. The van der Waals surface area contributed by atoms with E-state index in [2.05, 4.69) is 15.2 Å². The van der Waals surface area contributed by atoms with E-state index >= 15 is 0 Å². The number of rotatable bonds is 10. The highest BCUT2D eigenvalue weighted by Crippen LogP contribution is 2.34. The van der Waals surface area contributed by atoms with Gasteiger partial charge in [-0.2, -0.15) is 0 Å². The zero-order chi connectivity index (χ0) is 24.1. The molecule has 0 saturated carbocycles. The van der Waals surface area contributed by atoms with E-state index in [4.69, 9.17) is 23.4 Å². The minimum atomic E-state index is -0.262. The molecule has 9 heteroatoms. The second-order valence-electron chi connectivity index (χ2n) is 8.24. The number of carbonyl (C=O) groups excluding carboxylic acids is 1. The SMILES string of the molecule is COc1cccc(CN(Cc2ccc3c(c2)OCO3)Cc2nc(C(=O)NC(C)C)co2)c1OC. The van der Waals surface area contributed by atoms with Crippen LogP contribution >= 0.6 is 0 Å². The summed E-state index contributed by atoms with van der Waals surface area (Å²) >= 11 is 0. The van der Waals surface area contributed by atoms with E-state index in [-0.39, 0.29) is 24.4 Å². The van der Waals surface area contributed by atoms with E-state index in [9.17, 15) is 4.79 Å². The van der Waals surface area contributed by atoms with Crippen LogP contribution in [0.25, 0.3) is 0 Å². The lowest BCUT2D eigenvalue weighted by Crippen LogP contribution is -2.30. The minimum Gasteiger partial charge on any atom is -0.493 e. The third-order valence-electron chi connectivity index (χ3n) is 5.28. The van der Waals surface area contributed by atoms with Gasteiger partial charge in [-0.15, -0.1) is 0 Å². The Balaban J connectivity index is 1.58. The summed E-state index contributed by atoms with van der Waals surface area (Å²) in [5.41, 5.74) is 2.24. The van der Waals surface area contributed by atoms with Gasteiger partial charge >= 0.3 is 0 Å². The molecular weight excluding hydrogens is 438 g/mol. The maximum Gasteiger partial charge on any atom is 0.273 e. The molecule has 0 atom stereocenters. The number of amides is 1. The van der Waals surface area contributed by atoms with Gasteiger partial charge in [-0.05, 0) is 37.6 Å². The zero-order valence-corrected chi connectivity index (χ0v) is 19.8. The highest BCUT2D eigenvalue weighted by Gasteiger charge is 2.20. The summed E-state index contributed by atoms with van der Waals surface area (Å²) in [6.45, 7) is 5.50. The first-order chi connectivity index (χ1) is 16.5. The van der Waals surface area contributed by atoms with Gasteiger partial charge in [-0.3, -0.25) is 9.69 Å². The molecule has 2 heterocycles. The second kappa shape index (κ2) is 10.5. The molecule has 9 nitrogen and oxygen atoms in total. The van der Waals surface area contributed by atoms with Crippen molar-refractivity contribution in [3.05, 3.63) is 65.4 Å². The van der Waals surface area contributed by atoms with E-state index in [1.54, 1.807) is 14.2 Å². The number of methoxy groups -OCH3 is 2. The molecule has 0 radical (unpaired) electrons.